The standard InChI is InChI=1S/C31H26N2O3/c1-30(2)27-10-6-7-11-28(27)32-21-24-20-23(13-12-22-14-17-26(18-15-22)33(34)35)16-19-29(24)36-31(30,32)25-8-4-3-5-9-25/h3-20H,21H2,1-2H3/b13-12+. The lowest BCUT2D eigenvalue weighted by Crippen LogP contribution is -2.58. The Kier molecular flexibility index (Phi) is 4.97. The van der Waals surface area contributed by atoms with Gasteiger partial charge < -0.3 is 9.64 Å². The van der Waals surface area contributed by atoms with Crippen LogP contribution in [0.2, 0.25) is 0 Å². The van der Waals surface area contributed by atoms with Crippen molar-refractivity contribution in [2.24, 2.45) is 0 Å². The molecule has 5 nitrogen and oxygen atoms in total. The van der Waals surface area contributed by atoms with Gasteiger partial charge in [-0.1, -0.05) is 66.7 Å². The Labute approximate surface area is 210 Å². The smallest absolute Gasteiger partial charge is 0.269 e. The first-order chi connectivity index (χ1) is 17.4. The van der Waals surface area contributed by atoms with Gasteiger partial charge in [0.05, 0.1) is 16.9 Å². The van der Waals surface area contributed by atoms with Gasteiger partial charge in [-0.15, -0.1) is 0 Å². The summed E-state index contributed by atoms with van der Waals surface area (Å²) in [5, 5.41) is 10.9. The van der Waals surface area contributed by atoms with E-state index in [-0.39, 0.29) is 16.0 Å². The molecule has 6 rings (SSSR count). The fraction of sp³-hybridized carbons (Fsp3) is 0.161. The Morgan fingerprint density at radius 3 is 2.28 bits per heavy atom. The largest absolute Gasteiger partial charge is 0.462 e. The second-order valence-electron chi connectivity index (χ2n) is 9.89. The molecular weight excluding hydrogens is 448 g/mol. The number of para-hydroxylation sites is 1. The molecule has 4 aromatic carbocycles. The van der Waals surface area contributed by atoms with Crippen molar-refractivity contribution in [3.63, 3.8) is 0 Å². The number of anilines is 1. The van der Waals surface area contributed by atoms with Gasteiger partial charge in [-0.3, -0.25) is 10.1 Å². The van der Waals surface area contributed by atoms with Gasteiger partial charge in [-0.2, -0.15) is 0 Å². The molecule has 2 aliphatic heterocycles. The highest BCUT2D eigenvalue weighted by Gasteiger charge is 2.61. The van der Waals surface area contributed by atoms with Gasteiger partial charge in [-0.25, -0.2) is 0 Å². The SMILES string of the molecule is CC1(C)c2ccccc2N2Cc3cc(/C=C/c4ccc([N+](=O)[O-])cc4)ccc3OC21c1ccccc1. The van der Waals surface area contributed by atoms with Gasteiger partial charge in [0, 0.05) is 28.9 Å². The molecule has 0 bridgehead atoms. The maximum atomic E-state index is 10.9. The second-order valence-corrected chi connectivity index (χ2v) is 9.89. The van der Waals surface area contributed by atoms with Crippen LogP contribution in [0.4, 0.5) is 11.4 Å². The van der Waals surface area contributed by atoms with Crippen molar-refractivity contribution in [3.05, 3.63) is 135 Å². The molecule has 0 spiro atoms. The van der Waals surface area contributed by atoms with E-state index in [0.717, 1.165) is 34.5 Å². The van der Waals surface area contributed by atoms with Crippen LogP contribution in [0.25, 0.3) is 12.2 Å². The van der Waals surface area contributed by atoms with Crippen LogP contribution in [0.15, 0.2) is 97.1 Å². The highest BCUT2D eigenvalue weighted by molar-refractivity contribution is 5.73. The molecule has 2 heterocycles. The summed E-state index contributed by atoms with van der Waals surface area (Å²) >= 11 is 0. The van der Waals surface area contributed by atoms with Gasteiger partial charge in [0.1, 0.15) is 5.75 Å². The number of fused-ring (bicyclic) bond motifs is 4. The highest BCUT2D eigenvalue weighted by atomic mass is 16.6. The lowest BCUT2D eigenvalue weighted by atomic mass is 9.73. The monoisotopic (exact) mass is 474 g/mol. The van der Waals surface area contributed by atoms with E-state index in [9.17, 15) is 10.1 Å². The number of non-ortho nitro benzene ring substituents is 1. The molecule has 0 aromatic heterocycles. The molecule has 0 amide bonds. The summed E-state index contributed by atoms with van der Waals surface area (Å²) in [6, 6.07) is 32.0. The number of ether oxygens (including phenoxy) is 1. The highest BCUT2D eigenvalue weighted by Crippen LogP contribution is 2.59. The zero-order valence-electron chi connectivity index (χ0n) is 20.2. The van der Waals surface area contributed by atoms with E-state index < -0.39 is 5.72 Å². The van der Waals surface area contributed by atoms with E-state index in [1.807, 2.05) is 18.2 Å². The van der Waals surface area contributed by atoms with Gasteiger partial charge in [-0.05, 0) is 60.9 Å². The summed E-state index contributed by atoms with van der Waals surface area (Å²) in [5.74, 6) is 0.892. The van der Waals surface area contributed by atoms with E-state index >= 15 is 0 Å². The zero-order valence-corrected chi connectivity index (χ0v) is 20.2. The first-order valence-corrected chi connectivity index (χ1v) is 12.1. The molecule has 0 radical (unpaired) electrons. The van der Waals surface area contributed by atoms with Crippen LogP contribution < -0.4 is 9.64 Å². The van der Waals surface area contributed by atoms with Crippen molar-refractivity contribution in [2.75, 3.05) is 4.90 Å². The molecule has 36 heavy (non-hydrogen) atoms. The summed E-state index contributed by atoms with van der Waals surface area (Å²) in [5.41, 5.74) is 5.86. The van der Waals surface area contributed by atoms with Crippen molar-refractivity contribution < 1.29 is 9.66 Å². The number of hydrogen-bond donors (Lipinski definition) is 0. The van der Waals surface area contributed by atoms with Crippen LogP contribution in [-0.2, 0) is 17.7 Å². The third kappa shape index (κ3) is 3.23. The summed E-state index contributed by atoms with van der Waals surface area (Å²) in [4.78, 5) is 12.9. The Morgan fingerprint density at radius 1 is 0.861 bits per heavy atom. The van der Waals surface area contributed by atoms with Crippen LogP contribution in [0.3, 0.4) is 0 Å². The first-order valence-electron chi connectivity index (χ1n) is 12.1. The third-order valence-electron chi connectivity index (χ3n) is 7.50. The van der Waals surface area contributed by atoms with Crippen LogP contribution in [-0.4, -0.2) is 4.92 Å². The number of nitro benzene ring substituents is 1. The maximum absolute atomic E-state index is 10.9. The summed E-state index contributed by atoms with van der Waals surface area (Å²) < 4.78 is 7.02. The quantitative estimate of drug-likeness (QED) is 0.177. The predicted octanol–water partition coefficient (Wildman–Crippen LogP) is 7.31. The lowest BCUT2D eigenvalue weighted by Gasteiger charge is -2.50. The molecule has 5 heteroatoms. The minimum absolute atomic E-state index is 0.0915. The Morgan fingerprint density at radius 2 is 1.53 bits per heavy atom. The van der Waals surface area contributed by atoms with Crippen molar-refractivity contribution in [1.29, 1.82) is 0 Å². The molecule has 0 aliphatic carbocycles. The average molecular weight is 475 g/mol. The van der Waals surface area contributed by atoms with Crippen molar-refractivity contribution in [1.82, 2.24) is 0 Å². The van der Waals surface area contributed by atoms with Gasteiger partial charge in [0.25, 0.3) is 5.69 Å². The Bertz CT molecular complexity index is 1490. The minimum atomic E-state index is -0.652. The molecule has 0 saturated heterocycles. The van der Waals surface area contributed by atoms with Crippen molar-refractivity contribution in [3.8, 4) is 5.75 Å². The molecular formula is C31H26N2O3. The summed E-state index contributed by atoms with van der Waals surface area (Å²) in [6.45, 7) is 5.26. The normalized spacial score (nSPS) is 19.3. The molecule has 0 N–H and O–H groups in total. The summed E-state index contributed by atoms with van der Waals surface area (Å²) in [7, 11) is 0. The van der Waals surface area contributed by atoms with E-state index in [1.165, 1.54) is 23.4 Å². The molecule has 0 fully saturated rings. The predicted molar refractivity (Wildman–Crippen MR) is 143 cm³/mol. The van der Waals surface area contributed by atoms with Crippen LogP contribution in [0.1, 0.15) is 41.7 Å². The molecule has 178 valence electrons. The van der Waals surface area contributed by atoms with Crippen LogP contribution >= 0.6 is 0 Å². The van der Waals surface area contributed by atoms with Crippen LogP contribution in [0, 0.1) is 10.1 Å². The number of rotatable bonds is 4. The molecule has 2 aliphatic rings. The molecule has 0 saturated carbocycles. The maximum Gasteiger partial charge on any atom is 0.269 e. The minimum Gasteiger partial charge on any atom is -0.462 e. The van der Waals surface area contributed by atoms with E-state index in [0.29, 0.717) is 0 Å². The average Bonchev–Trinajstić information content (AvgIpc) is 3.10. The van der Waals surface area contributed by atoms with Crippen LogP contribution in [0.5, 0.6) is 5.75 Å². The van der Waals surface area contributed by atoms with E-state index in [2.05, 4.69) is 85.5 Å². The number of nitro groups is 1. The lowest BCUT2D eigenvalue weighted by molar-refractivity contribution is -0.384. The Hall–Kier alpha value is -4.38. The number of nitrogens with zero attached hydrogens (tertiary/aromatic N) is 2. The van der Waals surface area contributed by atoms with Crippen molar-refractivity contribution >= 4 is 23.5 Å². The van der Waals surface area contributed by atoms with E-state index in [1.54, 1.807) is 12.1 Å². The van der Waals surface area contributed by atoms with Gasteiger partial charge in [0.2, 0.25) is 5.72 Å². The fourth-order valence-electron chi connectivity index (χ4n) is 5.70. The number of hydrogen-bond acceptors (Lipinski definition) is 4. The fourth-order valence-corrected chi connectivity index (χ4v) is 5.70. The molecule has 1 unspecified atom stereocenters. The van der Waals surface area contributed by atoms with Crippen molar-refractivity contribution in [2.45, 2.75) is 31.5 Å². The summed E-state index contributed by atoms with van der Waals surface area (Å²) in [6.07, 6.45) is 4.00. The zero-order chi connectivity index (χ0) is 24.9. The molecule has 1 atom stereocenters. The van der Waals surface area contributed by atoms with Gasteiger partial charge in [0.15, 0.2) is 0 Å². The van der Waals surface area contributed by atoms with E-state index in [4.69, 9.17) is 4.74 Å². The topological polar surface area (TPSA) is 55.6 Å². The van der Waals surface area contributed by atoms with Gasteiger partial charge >= 0.3 is 0 Å². The molecule has 4 aromatic rings. The second kappa shape index (κ2) is 8.09. The third-order valence-corrected chi connectivity index (χ3v) is 7.50. The Balaban J connectivity index is 1.40. The number of benzene rings is 4. The first kappa shape index (κ1) is 22.1.